The summed E-state index contributed by atoms with van der Waals surface area (Å²) in [5, 5.41) is 34.8. The molecular formula is C38H39NO7. The highest BCUT2D eigenvalue weighted by Gasteiger charge is 2.31. The fourth-order valence-corrected chi connectivity index (χ4v) is 6.35. The first-order chi connectivity index (χ1) is 22.3. The molecule has 0 fully saturated rings. The number of rotatable bonds is 12. The fraction of sp³-hybridized carbons (Fsp3) is 0.289. The van der Waals surface area contributed by atoms with Crippen LogP contribution in [0.15, 0.2) is 82.1 Å². The minimum absolute atomic E-state index is 0.0617. The molecule has 8 nitrogen and oxygen atoms in total. The van der Waals surface area contributed by atoms with Crippen LogP contribution in [0.1, 0.15) is 50.2 Å². The van der Waals surface area contributed by atoms with Gasteiger partial charge in [-0.3, -0.25) is 4.79 Å². The summed E-state index contributed by atoms with van der Waals surface area (Å²) in [4.78, 5) is 17.3. The van der Waals surface area contributed by atoms with Crippen molar-refractivity contribution in [3.05, 3.63) is 94.3 Å². The summed E-state index contributed by atoms with van der Waals surface area (Å²) in [6.45, 7) is 4.34. The van der Waals surface area contributed by atoms with Gasteiger partial charge in [0.15, 0.2) is 16.9 Å². The van der Waals surface area contributed by atoms with Crippen molar-refractivity contribution < 1.29 is 29.2 Å². The number of aromatic hydroxyl groups is 2. The number of aromatic amines is 1. The normalized spacial score (nSPS) is 12.4. The molecular weight excluding hydrogens is 582 g/mol. The highest BCUT2D eigenvalue weighted by atomic mass is 16.5. The van der Waals surface area contributed by atoms with Gasteiger partial charge in [0.2, 0.25) is 5.75 Å². The van der Waals surface area contributed by atoms with Crippen molar-refractivity contribution in [2.75, 3.05) is 20.3 Å². The predicted molar refractivity (Wildman–Crippen MR) is 181 cm³/mol. The van der Waals surface area contributed by atoms with Gasteiger partial charge in [-0.25, -0.2) is 0 Å². The third-order valence-electron chi connectivity index (χ3n) is 8.65. The van der Waals surface area contributed by atoms with Gasteiger partial charge in [0.05, 0.1) is 13.7 Å². The number of ether oxygens (including phenoxy) is 2. The lowest BCUT2D eigenvalue weighted by Crippen LogP contribution is -2.12. The van der Waals surface area contributed by atoms with Crippen LogP contribution in [0.2, 0.25) is 0 Å². The van der Waals surface area contributed by atoms with E-state index in [0.29, 0.717) is 42.1 Å². The fourth-order valence-electron chi connectivity index (χ4n) is 6.35. The number of benzene rings is 4. The Morgan fingerprint density at radius 2 is 1.72 bits per heavy atom. The minimum atomic E-state index is -0.356. The third-order valence-corrected chi connectivity index (χ3v) is 8.65. The molecule has 6 aromatic rings. The lowest BCUT2D eigenvalue weighted by Gasteiger charge is -2.24. The monoisotopic (exact) mass is 621 g/mol. The van der Waals surface area contributed by atoms with Crippen LogP contribution in [-0.2, 0) is 6.42 Å². The Morgan fingerprint density at radius 1 is 0.913 bits per heavy atom. The smallest absolute Gasteiger partial charge is 0.204 e. The first-order valence-electron chi connectivity index (χ1n) is 15.7. The Hall–Kier alpha value is -4.95. The maximum Gasteiger partial charge on any atom is 0.204 e. The van der Waals surface area contributed by atoms with Crippen molar-refractivity contribution >= 4 is 32.6 Å². The van der Waals surface area contributed by atoms with Crippen LogP contribution < -0.4 is 14.9 Å². The van der Waals surface area contributed by atoms with E-state index in [4.69, 9.17) is 13.9 Å². The zero-order valence-electron chi connectivity index (χ0n) is 26.3. The number of hydrogen-bond acceptors (Lipinski definition) is 7. The van der Waals surface area contributed by atoms with E-state index in [2.05, 4.69) is 55.2 Å². The molecule has 6 rings (SSSR count). The van der Waals surface area contributed by atoms with Crippen LogP contribution in [0.5, 0.6) is 23.0 Å². The van der Waals surface area contributed by atoms with Crippen LogP contribution in [0.25, 0.3) is 44.0 Å². The molecule has 2 aromatic heterocycles. The highest BCUT2D eigenvalue weighted by molar-refractivity contribution is 6.07. The molecule has 0 radical (unpaired) electrons. The summed E-state index contributed by atoms with van der Waals surface area (Å²) in [6, 6.07) is 20.4. The third kappa shape index (κ3) is 5.88. The van der Waals surface area contributed by atoms with Gasteiger partial charge in [-0.2, -0.15) is 0 Å². The van der Waals surface area contributed by atoms with Crippen LogP contribution in [0.4, 0.5) is 0 Å². The maximum atomic E-state index is 14.0. The van der Waals surface area contributed by atoms with Crippen LogP contribution in [0.3, 0.4) is 0 Å². The number of methoxy groups -OCH3 is 1. The van der Waals surface area contributed by atoms with E-state index in [1.165, 1.54) is 25.3 Å². The molecule has 0 saturated heterocycles. The van der Waals surface area contributed by atoms with Crippen molar-refractivity contribution in [3.8, 4) is 34.3 Å². The Balaban J connectivity index is 1.60. The number of aromatic nitrogens is 1. The molecule has 0 saturated carbocycles. The van der Waals surface area contributed by atoms with E-state index < -0.39 is 0 Å². The molecule has 0 aliphatic rings. The zero-order valence-corrected chi connectivity index (χ0v) is 26.3. The average molecular weight is 622 g/mol. The van der Waals surface area contributed by atoms with E-state index in [1.807, 2.05) is 6.20 Å². The Labute approximate surface area is 266 Å². The number of nitrogens with one attached hydrogen (secondary N) is 1. The summed E-state index contributed by atoms with van der Waals surface area (Å²) < 4.78 is 18.3. The zero-order chi connectivity index (χ0) is 32.4. The maximum absolute atomic E-state index is 14.0. The van der Waals surface area contributed by atoms with Gasteiger partial charge in [-0.05, 0) is 77.4 Å². The van der Waals surface area contributed by atoms with E-state index in [1.54, 1.807) is 12.1 Å². The molecule has 8 heteroatoms. The van der Waals surface area contributed by atoms with Crippen molar-refractivity contribution in [1.29, 1.82) is 0 Å². The Morgan fingerprint density at radius 3 is 2.46 bits per heavy atom. The Kier molecular flexibility index (Phi) is 8.90. The Bertz CT molecular complexity index is 2060. The molecule has 1 unspecified atom stereocenters. The second-order valence-corrected chi connectivity index (χ2v) is 12.2. The van der Waals surface area contributed by atoms with Crippen molar-refractivity contribution in [3.63, 3.8) is 0 Å². The van der Waals surface area contributed by atoms with E-state index >= 15 is 0 Å². The number of aliphatic hydroxyl groups is 1. The quantitative estimate of drug-likeness (QED) is 0.102. The molecule has 4 N–H and O–H groups in total. The van der Waals surface area contributed by atoms with Gasteiger partial charge in [0, 0.05) is 47.3 Å². The summed E-state index contributed by atoms with van der Waals surface area (Å²) >= 11 is 0. The molecule has 0 bridgehead atoms. The van der Waals surface area contributed by atoms with E-state index in [9.17, 15) is 20.1 Å². The molecule has 2 heterocycles. The van der Waals surface area contributed by atoms with Gasteiger partial charge in [0.25, 0.3) is 0 Å². The van der Waals surface area contributed by atoms with Gasteiger partial charge < -0.3 is 34.2 Å². The predicted octanol–water partition coefficient (Wildman–Crippen LogP) is 8.04. The van der Waals surface area contributed by atoms with Crippen LogP contribution in [0, 0.1) is 5.92 Å². The number of phenols is 2. The number of H-pyrrole nitrogens is 1. The van der Waals surface area contributed by atoms with Gasteiger partial charge in [-0.1, -0.05) is 44.5 Å². The number of fused-ring (bicyclic) bond motifs is 4. The summed E-state index contributed by atoms with van der Waals surface area (Å²) in [7, 11) is 1.44. The van der Waals surface area contributed by atoms with Gasteiger partial charge in [-0.15, -0.1) is 0 Å². The van der Waals surface area contributed by atoms with E-state index in [-0.39, 0.29) is 58.5 Å². The number of phenolic OH excluding ortho intramolecular Hbond substituents is 2. The molecule has 46 heavy (non-hydrogen) atoms. The average Bonchev–Trinajstić information content (AvgIpc) is 3.53. The first-order valence-corrected chi connectivity index (χ1v) is 15.7. The molecule has 238 valence electrons. The van der Waals surface area contributed by atoms with Crippen molar-refractivity contribution in [2.24, 2.45) is 5.92 Å². The van der Waals surface area contributed by atoms with E-state index in [0.717, 1.165) is 33.7 Å². The first kappa shape index (κ1) is 31.0. The molecule has 4 aromatic carbocycles. The van der Waals surface area contributed by atoms with Crippen LogP contribution in [-0.4, -0.2) is 40.6 Å². The topological polar surface area (TPSA) is 125 Å². The molecule has 0 amide bonds. The standard InChI is InChI=1S/C38H39NO7/c1-22(2)8-9-25(20-24-6-4-7-28-27(24)14-15-30-29(28)16-17-39-30)33-35(43)38(44-3)37(45-19-5-18-40)34-31(42)21-32(46-36(33)34)23-10-12-26(41)13-11-23/h4,6-7,10-17,21-22,25,39-41,43H,5,8-9,18-20H2,1-3H3. The molecule has 0 aliphatic heterocycles. The second kappa shape index (κ2) is 13.2. The second-order valence-electron chi connectivity index (χ2n) is 12.2. The number of hydrogen-bond donors (Lipinski definition) is 4. The summed E-state index contributed by atoms with van der Waals surface area (Å²) in [5.74, 6) is 0.540. The SMILES string of the molecule is COc1c(O)c(C(CCC(C)C)Cc2cccc3c2ccc2[nH]ccc23)c2oc(-c3ccc(O)cc3)cc(=O)c2c1OCCCO. The van der Waals surface area contributed by atoms with Crippen molar-refractivity contribution in [1.82, 2.24) is 4.98 Å². The minimum Gasteiger partial charge on any atom is -0.508 e. The summed E-state index contributed by atoms with van der Waals surface area (Å²) in [6.07, 6.45) is 4.43. The summed E-state index contributed by atoms with van der Waals surface area (Å²) in [5.41, 5.74) is 3.14. The molecule has 0 spiro atoms. The van der Waals surface area contributed by atoms with Crippen molar-refractivity contribution in [2.45, 2.75) is 45.4 Å². The van der Waals surface area contributed by atoms with Gasteiger partial charge in [0.1, 0.15) is 22.5 Å². The van der Waals surface area contributed by atoms with Gasteiger partial charge >= 0.3 is 0 Å². The lowest BCUT2D eigenvalue weighted by molar-refractivity contribution is 0.228. The van der Waals surface area contributed by atoms with Crippen LogP contribution >= 0.6 is 0 Å². The largest absolute Gasteiger partial charge is 0.508 e. The number of aliphatic hydroxyl groups excluding tert-OH is 1. The lowest BCUT2D eigenvalue weighted by atomic mass is 9.83. The molecule has 0 aliphatic carbocycles. The highest BCUT2D eigenvalue weighted by Crippen LogP contribution is 2.50. The molecule has 1 atom stereocenters.